The molecule has 0 fully saturated rings. The van der Waals surface area contributed by atoms with Gasteiger partial charge in [0.2, 0.25) is 0 Å². The number of amides is 2. The molecular formula is C28H31N3O3S. The Hall–Kier alpha value is -3.71. The van der Waals surface area contributed by atoms with E-state index in [1.165, 1.54) is 0 Å². The molecule has 6 nitrogen and oxygen atoms in total. The Morgan fingerprint density at radius 1 is 0.829 bits per heavy atom. The van der Waals surface area contributed by atoms with Crippen molar-refractivity contribution in [3.05, 3.63) is 89.5 Å². The molecule has 0 spiro atoms. The van der Waals surface area contributed by atoms with Gasteiger partial charge in [-0.05, 0) is 84.2 Å². The van der Waals surface area contributed by atoms with E-state index in [0.717, 1.165) is 12.0 Å². The molecule has 3 aromatic rings. The van der Waals surface area contributed by atoms with E-state index in [1.54, 1.807) is 48.5 Å². The summed E-state index contributed by atoms with van der Waals surface area (Å²) in [5.74, 6) is 0.186. The van der Waals surface area contributed by atoms with Gasteiger partial charge in [0.25, 0.3) is 11.8 Å². The molecule has 7 heteroatoms. The smallest absolute Gasteiger partial charge is 0.257 e. The van der Waals surface area contributed by atoms with Crippen LogP contribution in [0.5, 0.6) is 5.75 Å². The van der Waals surface area contributed by atoms with Gasteiger partial charge >= 0.3 is 0 Å². The molecule has 0 saturated heterocycles. The van der Waals surface area contributed by atoms with E-state index < -0.39 is 0 Å². The van der Waals surface area contributed by atoms with Crippen LogP contribution in [0.2, 0.25) is 0 Å². The molecule has 2 amide bonds. The van der Waals surface area contributed by atoms with Gasteiger partial charge < -0.3 is 15.4 Å². The Balaban J connectivity index is 1.57. The molecule has 3 rings (SSSR count). The fraction of sp³-hybridized carbons (Fsp3) is 0.250. The first-order valence-corrected chi connectivity index (χ1v) is 11.9. The molecule has 0 aliphatic rings. The minimum Gasteiger partial charge on any atom is -0.494 e. The lowest BCUT2D eigenvalue weighted by Crippen LogP contribution is -2.34. The zero-order valence-corrected chi connectivity index (χ0v) is 21.3. The Labute approximate surface area is 212 Å². The molecular weight excluding hydrogens is 458 g/mol. The Morgan fingerprint density at radius 2 is 1.40 bits per heavy atom. The van der Waals surface area contributed by atoms with Crippen LogP contribution in [-0.2, 0) is 5.41 Å². The zero-order chi connectivity index (χ0) is 25.4. The number of thiocarbonyl (C=S) groups is 1. The van der Waals surface area contributed by atoms with Crippen LogP contribution in [0.25, 0.3) is 0 Å². The number of anilines is 2. The van der Waals surface area contributed by atoms with Crippen LogP contribution in [0.3, 0.4) is 0 Å². The average Bonchev–Trinajstić information content (AvgIpc) is 2.82. The summed E-state index contributed by atoms with van der Waals surface area (Å²) < 4.78 is 5.54. The maximum Gasteiger partial charge on any atom is 0.257 e. The van der Waals surface area contributed by atoms with Crippen molar-refractivity contribution < 1.29 is 14.3 Å². The molecule has 35 heavy (non-hydrogen) atoms. The van der Waals surface area contributed by atoms with Crippen molar-refractivity contribution in [1.82, 2.24) is 5.32 Å². The second kappa shape index (κ2) is 11.6. The molecule has 0 unspecified atom stereocenters. The third kappa shape index (κ3) is 7.65. The van der Waals surface area contributed by atoms with E-state index >= 15 is 0 Å². The van der Waals surface area contributed by atoms with Crippen LogP contribution in [0.4, 0.5) is 11.4 Å². The molecule has 0 aliphatic carbocycles. The molecule has 182 valence electrons. The minimum atomic E-state index is -0.326. The summed E-state index contributed by atoms with van der Waals surface area (Å²) in [6.45, 7) is 9.05. The van der Waals surface area contributed by atoms with E-state index in [0.29, 0.717) is 34.9 Å². The van der Waals surface area contributed by atoms with Gasteiger partial charge in [0.15, 0.2) is 5.11 Å². The molecule has 0 bridgehead atoms. The normalized spacial score (nSPS) is 10.9. The summed E-state index contributed by atoms with van der Waals surface area (Å²) in [7, 11) is 0. The summed E-state index contributed by atoms with van der Waals surface area (Å²) in [6.07, 6.45) is 0.914. The number of hydrogen-bond donors (Lipinski definition) is 3. The molecule has 0 aromatic heterocycles. The van der Waals surface area contributed by atoms with Crippen molar-refractivity contribution >= 4 is 40.5 Å². The molecule has 0 heterocycles. The molecule has 3 N–H and O–H groups in total. The Kier molecular flexibility index (Phi) is 8.60. The molecule has 0 aliphatic heterocycles. The van der Waals surface area contributed by atoms with E-state index in [1.807, 2.05) is 31.2 Å². The van der Waals surface area contributed by atoms with Gasteiger partial charge in [0.05, 0.1) is 6.61 Å². The van der Waals surface area contributed by atoms with Gasteiger partial charge in [0, 0.05) is 22.5 Å². The van der Waals surface area contributed by atoms with Gasteiger partial charge in [-0.25, -0.2) is 0 Å². The second-order valence-corrected chi connectivity index (χ2v) is 9.55. The Bertz CT molecular complexity index is 1180. The monoisotopic (exact) mass is 489 g/mol. The molecule has 0 saturated carbocycles. The molecule has 0 radical (unpaired) electrons. The first-order valence-electron chi connectivity index (χ1n) is 11.5. The fourth-order valence-corrected chi connectivity index (χ4v) is 3.47. The number of hydrogen-bond acceptors (Lipinski definition) is 4. The largest absolute Gasteiger partial charge is 0.494 e. The zero-order valence-electron chi connectivity index (χ0n) is 20.5. The number of nitrogens with one attached hydrogen (secondary N) is 3. The Morgan fingerprint density at radius 3 is 2.00 bits per heavy atom. The van der Waals surface area contributed by atoms with Crippen LogP contribution in [0.1, 0.15) is 60.4 Å². The van der Waals surface area contributed by atoms with E-state index in [9.17, 15) is 9.59 Å². The maximum absolute atomic E-state index is 12.7. The van der Waals surface area contributed by atoms with Crippen molar-refractivity contribution in [3.8, 4) is 5.75 Å². The number of carbonyl (C=O) groups is 2. The number of ether oxygens (including phenoxy) is 1. The molecule has 0 atom stereocenters. The van der Waals surface area contributed by atoms with Crippen molar-refractivity contribution in [3.63, 3.8) is 0 Å². The van der Waals surface area contributed by atoms with Gasteiger partial charge in [-0.2, -0.15) is 0 Å². The lowest BCUT2D eigenvalue weighted by Gasteiger charge is -2.19. The third-order valence-electron chi connectivity index (χ3n) is 5.21. The van der Waals surface area contributed by atoms with Gasteiger partial charge in [-0.1, -0.05) is 45.9 Å². The van der Waals surface area contributed by atoms with Gasteiger partial charge in [-0.3, -0.25) is 14.9 Å². The summed E-state index contributed by atoms with van der Waals surface area (Å²) in [5.41, 5.74) is 3.48. The topological polar surface area (TPSA) is 79.5 Å². The van der Waals surface area contributed by atoms with Crippen LogP contribution >= 0.6 is 12.2 Å². The van der Waals surface area contributed by atoms with Gasteiger partial charge in [0.1, 0.15) is 5.75 Å². The fourth-order valence-electron chi connectivity index (χ4n) is 3.26. The van der Waals surface area contributed by atoms with Crippen molar-refractivity contribution in [2.75, 3.05) is 17.2 Å². The van der Waals surface area contributed by atoms with Crippen LogP contribution in [0, 0.1) is 0 Å². The second-order valence-electron chi connectivity index (χ2n) is 9.14. The summed E-state index contributed by atoms with van der Waals surface area (Å²) >= 11 is 5.29. The van der Waals surface area contributed by atoms with Crippen molar-refractivity contribution in [2.24, 2.45) is 0 Å². The summed E-state index contributed by atoms with van der Waals surface area (Å²) in [4.78, 5) is 25.2. The minimum absolute atomic E-state index is 0.0232. The highest BCUT2D eigenvalue weighted by Crippen LogP contribution is 2.23. The lowest BCUT2D eigenvalue weighted by molar-refractivity contribution is 0.0976. The van der Waals surface area contributed by atoms with Crippen LogP contribution in [-0.4, -0.2) is 23.5 Å². The third-order valence-corrected chi connectivity index (χ3v) is 5.41. The highest BCUT2D eigenvalue weighted by atomic mass is 32.1. The number of benzene rings is 3. The predicted octanol–water partition coefficient (Wildman–Crippen LogP) is 6.15. The quantitative estimate of drug-likeness (QED) is 0.347. The van der Waals surface area contributed by atoms with E-state index in [-0.39, 0.29) is 22.3 Å². The highest BCUT2D eigenvalue weighted by molar-refractivity contribution is 7.80. The molecule has 3 aromatic carbocycles. The van der Waals surface area contributed by atoms with Crippen LogP contribution < -0.4 is 20.7 Å². The number of carbonyl (C=O) groups excluding carboxylic acids is 2. The van der Waals surface area contributed by atoms with E-state index in [2.05, 4.69) is 36.7 Å². The van der Waals surface area contributed by atoms with E-state index in [4.69, 9.17) is 17.0 Å². The predicted molar refractivity (Wildman–Crippen MR) is 145 cm³/mol. The van der Waals surface area contributed by atoms with Crippen molar-refractivity contribution in [1.29, 1.82) is 0 Å². The highest BCUT2D eigenvalue weighted by Gasteiger charge is 2.15. The lowest BCUT2D eigenvalue weighted by atomic mass is 9.87. The summed E-state index contributed by atoms with van der Waals surface area (Å²) in [6, 6.07) is 21.6. The summed E-state index contributed by atoms with van der Waals surface area (Å²) in [5, 5.41) is 8.70. The van der Waals surface area contributed by atoms with Crippen LogP contribution in [0.15, 0.2) is 72.8 Å². The van der Waals surface area contributed by atoms with Gasteiger partial charge in [-0.15, -0.1) is 0 Å². The first-order chi connectivity index (χ1) is 16.7. The first kappa shape index (κ1) is 25.9. The standard InChI is InChI=1S/C28H31N3O3S/c1-5-17-34-24-15-11-20(12-16-24)26(33)31-27(35)30-23-8-6-7-22(18-23)29-25(32)19-9-13-21(14-10-19)28(2,3)4/h6-16,18H,5,17H2,1-4H3,(H,29,32)(H2,30,31,33,35). The number of rotatable bonds is 7. The maximum atomic E-state index is 12.7. The SMILES string of the molecule is CCCOc1ccc(C(=O)NC(=S)Nc2cccc(NC(=O)c3ccc(C(C)(C)C)cc3)c2)cc1. The average molecular weight is 490 g/mol. The van der Waals surface area contributed by atoms with Crippen molar-refractivity contribution in [2.45, 2.75) is 39.5 Å².